The van der Waals surface area contributed by atoms with Crippen LogP contribution in [0.15, 0.2) is 29.2 Å². The molecule has 116 valence electrons. The Balaban J connectivity index is 1.96. The molecule has 2 aliphatic heterocycles. The lowest BCUT2D eigenvalue weighted by atomic mass is 10.0. The van der Waals surface area contributed by atoms with Crippen molar-refractivity contribution in [2.45, 2.75) is 49.6 Å². The van der Waals surface area contributed by atoms with E-state index in [-0.39, 0.29) is 5.75 Å². The lowest BCUT2D eigenvalue weighted by Crippen LogP contribution is -2.44. The number of nitrogens with zero attached hydrogens (tertiary/aromatic N) is 1. The molecule has 5 heteroatoms. The van der Waals surface area contributed by atoms with Crippen molar-refractivity contribution in [1.82, 2.24) is 5.32 Å². The number of benzene rings is 1. The fourth-order valence-electron chi connectivity index (χ4n) is 3.66. The highest BCUT2D eigenvalue weighted by Gasteiger charge is 2.35. The monoisotopic (exact) mass is 308 g/mol. The fraction of sp³-hybridized carbons (Fsp3) is 0.625. The average Bonchev–Trinajstić information content (AvgIpc) is 3.17. The van der Waals surface area contributed by atoms with E-state index in [4.69, 9.17) is 0 Å². The van der Waals surface area contributed by atoms with E-state index in [2.05, 4.69) is 10.2 Å². The molecule has 4 nitrogen and oxygen atoms in total. The smallest absolute Gasteiger partial charge is 0.180 e. The Kier molecular flexibility index (Phi) is 4.22. The van der Waals surface area contributed by atoms with E-state index in [1.165, 1.54) is 12.8 Å². The quantitative estimate of drug-likeness (QED) is 0.926. The number of sulfone groups is 1. The molecule has 0 saturated carbocycles. The lowest BCUT2D eigenvalue weighted by Gasteiger charge is -2.32. The van der Waals surface area contributed by atoms with Gasteiger partial charge in [-0.25, -0.2) is 8.42 Å². The molecule has 0 bridgehead atoms. The number of rotatable bonds is 4. The minimum atomic E-state index is -3.18. The number of para-hydroxylation sites is 1. The summed E-state index contributed by atoms with van der Waals surface area (Å²) in [6, 6.07) is 8.43. The van der Waals surface area contributed by atoms with Crippen LogP contribution in [0.3, 0.4) is 0 Å². The van der Waals surface area contributed by atoms with Gasteiger partial charge in [-0.1, -0.05) is 19.1 Å². The lowest BCUT2D eigenvalue weighted by molar-refractivity contribution is 0.481. The standard InChI is InChI=1S/C16H24N2O2S/c1-2-21(19,20)16-10-4-3-8-15(16)18-12-6-9-14(18)13-7-5-11-17-13/h3-4,8,10,13-14,17H,2,5-7,9,11-12H2,1H3. The summed E-state index contributed by atoms with van der Waals surface area (Å²) in [7, 11) is -3.18. The average molecular weight is 308 g/mol. The van der Waals surface area contributed by atoms with Gasteiger partial charge in [0.1, 0.15) is 0 Å². The maximum Gasteiger partial charge on any atom is 0.180 e. The molecular weight excluding hydrogens is 284 g/mol. The first-order valence-corrected chi connectivity index (χ1v) is 9.60. The normalized spacial score (nSPS) is 26.4. The number of hydrogen-bond donors (Lipinski definition) is 1. The van der Waals surface area contributed by atoms with Gasteiger partial charge in [-0.05, 0) is 44.4 Å². The van der Waals surface area contributed by atoms with Crippen molar-refractivity contribution < 1.29 is 8.42 Å². The number of nitrogens with one attached hydrogen (secondary N) is 1. The van der Waals surface area contributed by atoms with Crippen LogP contribution >= 0.6 is 0 Å². The van der Waals surface area contributed by atoms with Gasteiger partial charge in [-0.2, -0.15) is 0 Å². The van der Waals surface area contributed by atoms with Crippen molar-refractivity contribution in [1.29, 1.82) is 0 Å². The van der Waals surface area contributed by atoms with Gasteiger partial charge in [0.05, 0.1) is 16.3 Å². The van der Waals surface area contributed by atoms with Crippen LogP contribution in [0, 0.1) is 0 Å². The molecule has 0 amide bonds. The van der Waals surface area contributed by atoms with Crippen molar-refractivity contribution in [2.75, 3.05) is 23.7 Å². The first-order chi connectivity index (χ1) is 10.1. The van der Waals surface area contributed by atoms with Crippen molar-refractivity contribution in [3.63, 3.8) is 0 Å². The van der Waals surface area contributed by atoms with E-state index in [1.54, 1.807) is 13.0 Å². The molecule has 2 atom stereocenters. The third kappa shape index (κ3) is 2.81. The van der Waals surface area contributed by atoms with Gasteiger partial charge < -0.3 is 10.2 Å². The Labute approximate surface area is 127 Å². The Hall–Kier alpha value is -1.07. The second-order valence-corrected chi connectivity index (χ2v) is 8.22. The van der Waals surface area contributed by atoms with E-state index in [0.717, 1.165) is 31.6 Å². The Morgan fingerprint density at radius 2 is 2.05 bits per heavy atom. The molecule has 1 aromatic carbocycles. The predicted molar refractivity (Wildman–Crippen MR) is 85.6 cm³/mol. The van der Waals surface area contributed by atoms with Gasteiger partial charge in [0.15, 0.2) is 9.84 Å². The molecule has 2 fully saturated rings. The predicted octanol–water partition coefficient (Wildman–Crippen LogP) is 2.20. The van der Waals surface area contributed by atoms with Crippen molar-refractivity contribution in [2.24, 2.45) is 0 Å². The fourth-order valence-corrected chi connectivity index (χ4v) is 4.76. The molecule has 0 aromatic heterocycles. The molecule has 2 heterocycles. The molecule has 0 spiro atoms. The van der Waals surface area contributed by atoms with E-state index in [1.807, 2.05) is 18.2 Å². The summed E-state index contributed by atoms with van der Waals surface area (Å²) in [5.74, 6) is 0.157. The van der Waals surface area contributed by atoms with Gasteiger partial charge in [0, 0.05) is 18.6 Å². The molecule has 2 aliphatic rings. The summed E-state index contributed by atoms with van der Waals surface area (Å²) in [6.07, 6.45) is 4.72. The SMILES string of the molecule is CCS(=O)(=O)c1ccccc1N1CCCC1C1CCCN1. The molecule has 0 aliphatic carbocycles. The van der Waals surface area contributed by atoms with Crippen LogP contribution in [0.5, 0.6) is 0 Å². The van der Waals surface area contributed by atoms with Crippen molar-refractivity contribution in [3.05, 3.63) is 24.3 Å². The van der Waals surface area contributed by atoms with Crippen LogP contribution in [0.25, 0.3) is 0 Å². The summed E-state index contributed by atoms with van der Waals surface area (Å²) >= 11 is 0. The second-order valence-electron chi connectivity index (χ2n) is 5.98. The molecular formula is C16H24N2O2S. The number of hydrogen-bond acceptors (Lipinski definition) is 4. The van der Waals surface area contributed by atoms with Crippen LogP contribution in [0.4, 0.5) is 5.69 Å². The van der Waals surface area contributed by atoms with E-state index in [9.17, 15) is 8.42 Å². The summed E-state index contributed by atoms with van der Waals surface area (Å²) in [5.41, 5.74) is 0.899. The third-order valence-corrected chi connectivity index (χ3v) is 6.53. The minimum Gasteiger partial charge on any atom is -0.366 e. The summed E-state index contributed by atoms with van der Waals surface area (Å²) in [5, 5.41) is 3.58. The largest absolute Gasteiger partial charge is 0.366 e. The van der Waals surface area contributed by atoms with Gasteiger partial charge in [-0.15, -0.1) is 0 Å². The summed E-state index contributed by atoms with van der Waals surface area (Å²) in [4.78, 5) is 2.82. The van der Waals surface area contributed by atoms with E-state index in [0.29, 0.717) is 17.0 Å². The Morgan fingerprint density at radius 1 is 1.24 bits per heavy atom. The van der Waals surface area contributed by atoms with E-state index < -0.39 is 9.84 Å². The molecule has 3 rings (SSSR count). The topological polar surface area (TPSA) is 49.4 Å². The van der Waals surface area contributed by atoms with Gasteiger partial charge in [0.25, 0.3) is 0 Å². The van der Waals surface area contributed by atoms with Crippen molar-refractivity contribution >= 4 is 15.5 Å². The van der Waals surface area contributed by atoms with E-state index >= 15 is 0 Å². The maximum atomic E-state index is 12.4. The Morgan fingerprint density at radius 3 is 2.76 bits per heavy atom. The first kappa shape index (κ1) is 14.9. The maximum absolute atomic E-state index is 12.4. The highest BCUT2D eigenvalue weighted by molar-refractivity contribution is 7.91. The summed E-state index contributed by atoms with van der Waals surface area (Å²) < 4.78 is 24.7. The Bertz CT molecular complexity index is 594. The van der Waals surface area contributed by atoms with Crippen LogP contribution in [-0.4, -0.2) is 39.3 Å². The van der Waals surface area contributed by atoms with Gasteiger partial charge in [-0.3, -0.25) is 0 Å². The zero-order chi connectivity index (χ0) is 14.9. The second kappa shape index (κ2) is 5.97. The first-order valence-electron chi connectivity index (χ1n) is 7.95. The third-order valence-electron chi connectivity index (χ3n) is 4.75. The molecule has 1 aromatic rings. The number of anilines is 1. The minimum absolute atomic E-state index is 0.157. The zero-order valence-electron chi connectivity index (χ0n) is 12.6. The summed E-state index contributed by atoms with van der Waals surface area (Å²) in [6.45, 7) is 3.76. The molecule has 2 saturated heterocycles. The molecule has 0 radical (unpaired) electrons. The molecule has 2 unspecified atom stereocenters. The highest BCUT2D eigenvalue weighted by Crippen LogP contribution is 2.34. The highest BCUT2D eigenvalue weighted by atomic mass is 32.2. The van der Waals surface area contributed by atoms with Gasteiger partial charge in [0.2, 0.25) is 0 Å². The molecule has 1 N–H and O–H groups in total. The van der Waals surface area contributed by atoms with Gasteiger partial charge >= 0.3 is 0 Å². The molecule has 21 heavy (non-hydrogen) atoms. The van der Waals surface area contributed by atoms with Crippen LogP contribution in [0.2, 0.25) is 0 Å². The van der Waals surface area contributed by atoms with Crippen LogP contribution in [0.1, 0.15) is 32.6 Å². The zero-order valence-corrected chi connectivity index (χ0v) is 13.4. The van der Waals surface area contributed by atoms with Crippen LogP contribution in [-0.2, 0) is 9.84 Å². The van der Waals surface area contributed by atoms with Crippen molar-refractivity contribution in [3.8, 4) is 0 Å². The van der Waals surface area contributed by atoms with Crippen LogP contribution < -0.4 is 10.2 Å².